The van der Waals surface area contributed by atoms with E-state index in [-0.39, 0.29) is 17.3 Å². The van der Waals surface area contributed by atoms with Gasteiger partial charge in [0.1, 0.15) is 17.2 Å². The molecule has 0 radical (unpaired) electrons. The number of carbonyl (C=O) groups is 1. The first kappa shape index (κ1) is 27.1. The number of benzene rings is 1. The molecule has 40 heavy (non-hydrogen) atoms. The molecular weight excluding hydrogens is 507 g/mol. The zero-order valence-electron chi connectivity index (χ0n) is 23.4. The summed E-state index contributed by atoms with van der Waals surface area (Å²) >= 11 is 0. The van der Waals surface area contributed by atoms with Crippen molar-refractivity contribution in [1.29, 1.82) is 0 Å². The highest BCUT2D eigenvalue weighted by Crippen LogP contribution is 2.43. The van der Waals surface area contributed by atoms with Gasteiger partial charge in [0.05, 0.1) is 12.3 Å². The Hall–Kier alpha value is -4.53. The van der Waals surface area contributed by atoms with E-state index in [4.69, 9.17) is 15.5 Å². The normalized spacial score (nSPS) is 13.5. The minimum atomic E-state index is -0.538. The third-order valence-corrected chi connectivity index (χ3v) is 7.47. The minimum absolute atomic E-state index is 0.0746. The molecule has 0 unspecified atom stereocenters. The Morgan fingerprint density at radius 2 is 2.10 bits per heavy atom. The summed E-state index contributed by atoms with van der Waals surface area (Å²) in [4.78, 5) is 25.9. The molecule has 1 aliphatic rings. The van der Waals surface area contributed by atoms with Gasteiger partial charge in [-0.15, -0.1) is 0 Å². The number of hydrogen-bond donors (Lipinski definition) is 2. The Labute approximate surface area is 232 Å². The first-order chi connectivity index (χ1) is 19.2. The monoisotopic (exact) mass is 540 g/mol. The fourth-order valence-corrected chi connectivity index (χ4v) is 5.50. The standard InChI is InChI=1S/C31H33FN6O2/c1-6-20-18(3)36-30-23(28(20)22-15-24(32)29-21(17(22)2)8-7-13-40-29)16-26(38(30)5)19-9-12-35-25(14-19)31(39)37-27(33)10-11-34-4/h9-12,14-16,34H,6-8,13H2,1-5H3,(H2,33,37,39)/b11-10-. The van der Waals surface area contributed by atoms with Crippen LogP contribution in [0.1, 0.15) is 46.2 Å². The van der Waals surface area contributed by atoms with Gasteiger partial charge in [-0.3, -0.25) is 9.78 Å². The number of nitrogens with one attached hydrogen (secondary N) is 1. The van der Waals surface area contributed by atoms with E-state index < -0.39 is 5.91 Å². The van der Waals surface area contributed by atoms with Crippen molar-refractivity contribution in [3.8, 4) is 28.1 Å². The van der Waals surface area contributed by atoms with Crippen molar-refractivity contribution in [2.75, 3.05) is 13.7 Å². The summed E-state index contributed by atoms with van der Waals surface area (Å²) in [5.41, 5.74) is 14.2. The number of pyridine rings is 2. The summed E-state index contributed by atoms with van der Waals surface area (Å²) in [6.07, 6.45) is 7.07. The van der Waals surface area contributed by atoms with Crippen LogP contribution in [0.4, 0.5) is 4.39 Å². The van der Waals surface area contributed by atoms with Gasteiger partial charge in [-0.2, -0.15) is 4.99 Å². The summed E-state index contributed by atoms with van der Waals surface area (Å²) in [6.45, 7) is 6.67. The van der Waals surface area contributed by atoms with Crippen molar-refractivity contribution >= 4 is 22.8 Å². The predicted octanol–water partition coefficient (Wildman–Crippen LogP) is 5.18. The van der Waals surface area contributed by atoms with Crippen LogP contribution in [0.3, 0.4) is 0 Å². The van der Waals surface area contributed by atoms with Crippen molar-refractivity contribution in [3.63, 3.8) is 0 Å². The van der Waals surface area contributed by atoms with Crippen LogP contribution in [0.25, 0.3) is 33.4 Å². The van der Waals surface area contributed by atoms with E-state index >= 15 is 4.39 Å². The van der Waals surface area contributed by atoms with Crippen LogP contribution in [0.15, 0.2) is 47.7 Å². The Balaban J connectivity index is 1.69. The summed E-state index contributed by atoms with van der Waals surface area (Å²) in [7, 11) is 3.66. The molecule has 0 aliphatic carbocycles. The number of rotatable bonds is 6. The minimum Gasteiger partial charge on any atom is -0.490 e. The lowest BCUT2D eigenvalue weighted by molar-refractivity contribution is 0.0998. The zero-order chi connectivity index (χ0) is 28.6. The Morgan fingerprint density at radius 1 is 1.30 bits per heavy atom. The molecule has 0 bridgehead atoms. The Bertz CT molecular complexity index is 1700. The van der Waals surface area contributed by atoms with Crippen LogP contribution in [-0.4, -0.2) is 39.9 Å². The number of carbonyl (C=O) groups excluding carboxylic acids is 1. The summed E-state index contributed by atoms with van der Waals surface area (Å²) in [5, 5.41) is 3.73. The molecule has 206 valence electrons. The van der Waals surface area contributed by atoms with Crippen LogP contribution in [0.2, 0.25) is 0 Å². The van der Waals surface area contributed by atoms with Gasteiger partial charge in [0.15, 0.2) is 11.6 Å². The lowest BCUT2D eigenvalue weighted by Gasteiger charge is -2.23. The lowest BCUT2D eigenvalue weighted by Crippen LogP contribution is -2.13. The molecule has 8 nitrogen and oxygen atoms in total. The number of amides is 1. The van der Waals surface area contributed by atoms with E-state index in [0.717, 1.165) is 75.1 Å². The molecule has 3 aromatic heterocycles. The van der Waals surface area contributed by atoms with E-state index in [0.29, 0.717) is 12.4 Å². The average molecular weight is 541 g/mol. The highest BCUT2D eigenvalue weighted by molar-refractivity contribution is 6.06. The molecule has 9 heteroatoms. The van der Waals surface area contributed by atoms with Crippen molar-refractivity contribution in [3.05, 3.63) is 76.6 Å². The number of ether oxygens (including phenoxy) is 1. The van der Waals surface area contributed by atoms with Crippen LogP contribution in [0, 0.1) is 19.7 Å². The molecule has 0 saturated carbocycles. The van der Waals surface area contributed by atoms with Crippen molar-refractivity contribution in [1.82, 2.24) is 19.9 Å². The fraction of sp³-hybridized carbons (Fsp3) is 0.290. The number of amidine groups is 1. The number of hydrogen-bond acceptors (Lipinski definition) is 5. The van der Waals surface area contributed by atoms with Gasteiger partial charge in [-0.25, -0.2) is 9.37 Å². The van der Waals surface area contributed by atoms with Gasteiger partial charge >= 0.3 is 0 Å². The largest absolute Gasteiger partial charge is 0.490 e. The summed E-state index contributed by atoms with van der Waals surface area (Å²) in [5.74, 6) is -0.423. The van der Waals surface area contributed by atoms with Crippen LogP contribution in [-0.2, 0) is 19.9 Å². The molecule has 1 aromatic carbocycles. The first-order valence-corrected chi connectivity index (χ1v) is 13.4. The van der Waals surface area contributed by atoms with Gasteiger partial charge in [0.2, 0.25) is 0 Å². The first-order valence-electron chi connectivity index (χ1n) is 13.4. The van der Waals surface area contributed by atoms with E-state index in [9.17, 15) is 4.79 Å². The smallest absolute Gasteiger partial charge is 0.297 e. The van der Waals surface area contributed by atoms with E-state index in [1.807, 2.05) is 31.5 Å². The molecule has 4 aromatic rings. The van der Waals surface area contributed by atoms with Gasteiger partial charge in [-0.1, -0.05) is 6.92 Å². The zero-order valence-corrected chi connectivity index (χ0v) is 23.4. The third-order valence-electron chi connectivity index (χ3n) is 7.47. The second-order valence-electron chi connectivity index (χ2n) is 9.91. The number of aryl methyl sites for hydroxylation is 2. The number of nitrogens with zero attached hydrogens (tertiary/aromatic N) is 4. The maximum absolute atomic E-state index is 15.4. The maximum Gasteiger partial charge on any atom is 0.297 e. The fourth-order valence-electron chi connectivity index (χ4n) is 5.50. The lowest BCUT2D eigenvalue weighted by atomic mass is 9.87. The van der Waals surface area contributed by atoms with Crippen LogP contribution >= 0.6 is 0 Å². The molecule has 0 saturated heterocycles. The molecule has 1 amide bonds. The van der Waals surface area contributed by atoms with Gasteiger partial charge in [-0.05, 0) is 91.9 Å². The quantitative estimate of drug-likeness (QED) is 0.258. The van der Waals surface area contributed by atoms with E-state index in [1.165, 1.54) is 6.08 Å². The molecule has 0 spiro atoms. The molecule has 0 atom stereocenters. The van der Waals surface area contributed by atoms with Crippen molar-refractivity contribution in [2.24, 2.45) is 17.8 Å². The van der Waals surface area contributed by atoms with Crippen LogP contribution in [0.5, 0.6) is 5.75 Å². The highest BCUT2D eigenvalue weighted by Gasteiger charge is 2.25. The predicted molar refractivity (Wildman–Crippen MR) is 156 cm³/mol. The summed E-state index contributed by atoms with van der Waals surface area (Å²) in [6, 6.07) is 7.20. The van der Waals surface area contributed by atoms with Crippen LogP contribution < -0.4 is 15.8 Å². The molecule has 5 rings (SSSR count). The van der Waals surface area contributed by atoms with E-state index in [1.54, 1.807) is 31.6 Å². The second kappa shape index (κ2) is 10.9. The number of aromatic nitrogens is 3. The molecule has 1 aliphatic heterocycles. The SMILES string of the molecule is CCc1c(C)nc2c(cc(-c3ccnc(C(=O)N=C(N)/C=C\NC)c3)n2C)c1-c1cc(F)c2c(c1C)CCCO2. The van der Waals surface area contributed by atoms with Gasteiger partial charge < -0.3 is 20.4 Å². The highest BCUT2D eigenvalue weighted by atomic mass is 19.1. The summed E-state index contributed by atoms with van der Waals surface area (Å²) < 4.78 is 23.0. The average Bonchev–Trinajstić information content (AvgIpc) is 3.28. The van der Waals surface area contributed by atoms with Gasteiger partial charge in [0.25, 0.3) is 5.91 Å². The Morgan fingerprint density at radius 3 is 2.85 bits per heavy atom. The Kier molecular flexibility index (Phi) is 7.38. The van der Waals surface area contributed by atoms with Crippen molar-refractivity contribution < 1.29 is 13.9 Å². The van der Waals surface area contributed by atoms with Gasteiger partial charge in [0, 0.05) is 42.5 Å². The van der Waals surface area contributed by atoms with E-state index in [2.05, 4.69) is 28.3 Å². The molecule has 3 N–H and O–H groups in total. The maximum atomic E-state index is 15.4. The number of halogens is 1. The second-order valence-corrected chi connectivity index (χ2v) is 9.91. The topological polar surface area (TPSA) is 107 Å². The van der Waals surface area contributed by atoms with Crippen molar-refractivity contribution in [2.45, 2.75) is 40.0 Å². The number of aliphatic imine (C=N–C) groups is 1. The number of nitrogens with two attached hydrogens (primary N) is 1. The molecular formula is C31H33FN6O2. The number of fused-ring (bicyclic) bond motifs is 2. The molecule has 4 heterocycles. The molecule has 0 fully saturated rings. The third kappa shape index (κ3) is 4.72.